The summed E-state index contributed by atoms with van der Waals surface area (Å²) in [5, 5.41) is 9.54. The van der Waals surface area contributed by atoms with Gasteiger partial charge in [-0.2, -0.15) is 0 Å². The third-order valence-corrected chi connectivity index (χ3v) is 4.05. The fourth-order valence-corrected chi connectivity index (χ4v) is 2.98. The quantitative estimate of drug-likeness (QED) is 0.621. The highest BCUT2D eigenvalue weighted by molar-refractivity contribution is 5.85. The van der Waals surface area contributed by atoms with Crippen LogP contribution in [0.15, 0.2) is 0 Å². The Morgan fingerprint density at radius 1 is 1.46 bits per heavy atom. The number of carbonyl (C=O) groups excluding carboxylic acids is 1. The van der Waals surface area contributed by atoms with E-state index in [-0.39, 0.29) is 11.5 Å². The Morgan fingerprint density at radius 3 is 3.00 bits per heavy atom. The second-order valence-electron chi connectivity index (χ2n) is 4.86. The Hall–Kier alpha value is -0.370. The molecule has 2 heteroatoms. The van der Waals surface area contributed by atoms with Crippen LogP contribution in [0.25, 0.3) is 0 Å². The predicted molar refractivity (Wildman–Crippen MR) is 50.3 cm³/mol. The minimum atomic E-state index is -0.149. The lowest BCUT2D eigenvalue weighted by Gasteiger charge is -2.45. The molecule has 0 spiro atoms. The topological polar surface area (TPSA) is 37.3 Å². The Morgan fingerprint density at radius 2 is 2.23 bits per heavy atom. The molecular weight excluding hydrogens is 164 g/mol. The van der Waals surface area contributed by atoms with E-state index in [1.165, 1.54) is 0 Å². The van der Waals surface area contributed by atoms with Gasteiger partial charge in [0.05, 0.1) is 6.10 Å². The Kier molecular flexibility index (Phi) is 2.18. The van der Waals surface area contributed by atoms with Gasteiger partial charge in [0.2, 0.25) is 0 Å². The van der Waals surface area contributed by atoms with Crippen LogP contribution in [0, 0.1) is 11.3 Å². The van der Waals surface area contributed by atoms with Crippen molar-refractivity contribution in [2.24, 2.45) is 11.3 Å². The van der Waals surface area contributed by atoms with Crippen LogP contribution >= 0.6 is 0 Å². The lowest BCUT2D eigenvalue weighted by Crippen LogP contribution is -2.44. The largest absolute Gasteiger partial charge is 0.393 e. The second-order valence-corrected chi connectivity index (χ2v) is 4.86. The standard InChI is InChI=1S/C11H18O2/c1-11-6-5-9(12)7-8(11)3-2-4-10(11)13/h8-9,12H,2-7H2,1H3/t8-,9-,11+/m0/s1. The third kappa shape index (κ3) is 1.41. The van der Waals surface area contributed by atoms with Gasteiger partial charge in [-0.15, -0.1) is 0 Å². The molecule has 0 bridgehead atoms. The van der Waals surface area contributed by atoms with Gasteiger partial charge in [-0.05, 0) is 38.0 Å². The summed E-state index contributed by atoms with van der Waals surface area (Å²) in [5.74, 6) is 0.896. The molecule has 2 rings (SSSR count). The predicted octanol–water partition coefficient (Wildman–Crippen LogP) is 1.91. The molecule has 0 aromatic heterocycles. The summed E-state index contributed by atoms with van der Waals surface area (Å²) < 4.78 is 0. The minimum absolute atomic E-state index is 0.0858. The van der Waals surface area contributed by atoms with E-state index in [9.17, 15) is 9.90 Å². The Labute approximate surface area is 79.3 Å². The first-order chi connectivity index (χ1) is 6.13. The van der Waals surface area contributed by atoms with Crippen molar-refractivity contribution in [3.05, 3.63) is 0 Å². The number of rotatable bonds is 0. The zero-order valence-corrected chi connectivity index (χ0v) is 8.25. The van der Waals surface area contributed by atoms with Gasteiger partial charge in [-0.3, -0.25) is 4.79 Å². The number of carbonyl (C=O) groups is 1. The average molecular weight is 182 g/mol. The molecule has 2 aliphatic carbocycles. The van der Waals surface area contributed by atoms with Gasteiger partial charge in [0.25, 0.3) is 0 Å². The summed E-state index contributed by atoms with van der Waals surface area (Å²) in [4.78, 5) is 11.8. The molecule has 0 aliphatic heterocycles. The lowest BCUT2D eigenvalue weighted by atomic mass is 9.59. The van der Waals surface area contributed by atoms with E-state index in [1.54, 1.807) is 0 Å². The highest BCUT2D eigenvalue weighted by Crippen LogP contribution is 2.47. The Bertz CT molecular complexity index is 224. The number of fused-ring (bicyclic) bond motifs is 1. The molecule has 0 heterocycles. The monoisotopic (exact) mass is 182 g/mol. The average Bonchev–Trinajstić information content (AvgIpc) is 2.09. The van der Waals surface area contributed by atoms with Crippen LogP contribution in [0.2, 0.25) is 0 Å². The van der Waals surface area contributed by atoms with Crippen molar-refractivity contribution >= 4 is 5.78 Å². The summed E-state index contributed by atoms with van der Waals surface area (Å²) in [6.45, 7) is 2.10. The van der Waals surface area contributed by atoms with Crippen LogP contribution in [-0.4, -0.2) is 17.0 Å². The zero-order valence-electron chi connectivity index (χ0n) is 8.25. The molecular formula is C11H18O2. The second kappa shape index (κ2) is 3.09. The molecule has 1 N–H and O–H groups in total. The molecule has 2 aliphatic rings. The van der Waals surface area contributed by atoms with E-state index in [0.29, 0.717) is 11.7 Å². The van der Waals surface area contributed by atoms with E-state index in [0.717, 1.165) is 38.5 Å². The van der Waals surface area contributed by atoms with Crippen molar-refractivity contribution in [2.75, 3.05) is 0 Å². The number of hydrogen-bond donors (Lipinski definition) is 1. The van der Waals surface area contributed by atoms with E-state index in [4.69, 9.17) is 0 Å². The summed E-state index contributed by atoms with van der Waals surface area (Å²) in [7, 11) is 0. The number of ketones is 1. The van der Waals surface area contributed by atoms with Crippen molar-refractivity contribution in [3.63, 3.8) is 0 Å². The van der Waals surface area contributed by atoms with E-state index in [2.05, 4.69) is 6.92 Å². The van der Waals surface area contributed by atoms with Crippen molar-refractivity contribution < 1.29 is 9.90 Å². The van der Waals surface area contributed by atoms with Gasteiger partial charge in [0.15, 0.2) is 0 Å². The highest BCUT2D eigenvalue weighted by Gasteiger charge is 2.46. The van der Waals surface area contributed by atoms with Gasteiger partial charge in [0.1, 0.15) is 5.78 Å². The van der Waals surface area contributed by atoms with Gasteiger partial charge < -0.3 is 5.11 Å². The maximum Gasteiger partial charge on any atom is 0.139 e. The molecule has 2 nitrogen and oxygen atoms in total. The van der Waals surface area contributed by atoms with Crippen molar-refractivity contribution in [2.45, 2.75) is 51.6 Å². The van der Waals surface area contributed by atoms with Gasteiger partial charge >= 0.3 is 0 Å². The fourth-order valence-electron chi connectivity index (χ4n) is 2.98. The molecule has 0 aromatic carbocycles. The fraction of sp³-hybridized carbons (Fsp3) is 0.909. The molecule has 0 aromatic rings. The molecule has 13 heavy (non-hydrogen) atoms. The van der Waals surface area contributed by atoms with E-state index < -0.39 is 0 Å². The van der Waals surface area contributed by atoms with Gasteiger partial charge in [-0.25, -0.2) is 0 Å². The van der Waals surface area contributed by atoms with Crippen molar-refractivity contribution in [1.29, 1.82) is 0 Å². The van der Waals surface area contributed by atoms with E-state index >= 15 is 0 Å². The van der Waals surface area contributed by atoms with Gasteiger partial charge in [-0.1, -0.05) is 6.92 Å². The zero-order chi connectivity index (χ0) is 9.47. The van der Waals surface area contributed by atoms with Gasteiger partial charge in [0, 0.05) is 11.8 Å². The summed E-state index contributed by atoms with van der Waals surface area (Å²) in [6.07, 6.45) is 5.36. The van der Waals surface area contributed by atoms with Crippen LogP contribution in [0.3, 0.4) is 0 Å². The minimum Gasteiger partial charge on any atom is -0.393 e. The number of aliphatic hydroxyl groups excluding tert-OH is 1. The summed E-state index contributed by atoms with van der Waals surface area (Å²) >= 11 is 0. The lowest BCUT2D eigenvalue weighted by molar-refractivity contribution is -0.138. The van der Waals surface area contributed by atoms with Crippen molar-refractivity contribution in [1.82, 2.24) is 0 Å². The van der Waals surface area contributed by atoms with Crippen LogP contribution < -0.4 is 0 Å². The van der Waals surface area contributed by atoms with Crippen LogP contribution in [-0.2, 0) is 4.79 Å². The molecule has 74 valence electrons. The molecule has 2 saturated carbocycles. The molecule has 2 fully saturated rings. The molecule has 0 unspecified atom stereocenters. The molecule has 0 amide bonds. The number of aliphatic hydroxyl groups is 1. The SMILES string of the molecule is C[C@@]12CC[C@H](O)C[C@@H]1CCCC2=O. The van der Waals surface area contributed by atoms with Crippen LogP contribution in [0.1, 0.15) is 45.4 Å². The summed E-state index contributed by atoms with van der Waals surface area (Å²) in [5.41, 5.74) is -0.0858. The highest BCUT2D eigenvalue weighted by atomic mass is 16.3. The molecule has 0 saturated heterocycles. The van der Waals surface area contributed by atoms with Crippen LogP contribution in [0.5, 0.6) is 0 Å². The smallest absolute Gasteiger partial charge is 0.139 e. The van der Waals surface area contributed by atoms with Crippen molar-refractivity contribution in [3.8, 4) is 0 Å². The van der Waals surface area contributed by atoms with Crippen LogP contribution in [0.4, 0.5) is 0 Å². The number of Topliss-reactive ketones (excluding diaryl/α,β-unsaturated/α-hetero) is 1. The normalized spacial score (nSPS) is 45.8. The first-order valence-corrected chi connectivity index (χ1v) is 5.34. The maximum absolute atomic E-state index is 11.8. The first kappa shape index (κ1) is 9.20. The van der Waals surface area contributed by atoms with E-state index in [1.807, 2.05) is 0 Å². The molecule has 3 atom stereocenters. The first-order valence-electron chi connectivity index (χ1n) is 5.34. The Balaban J connectivity index is 2.18. The summed E-state index contributed by atoms with van der Waals surface area (Å²) in [6, 6.07) is 0. The third-order valence-electron chi connectivity index (χ3n) is 4.05. The molecule has 0 radical (unpaired) electrons. The number of hydrogen-bond acceptors (Lipinski definition) is 2. The maximum atomic E-state index is 11.8.